The van der Waals surface area contributed by atoms with E-state index in [4.69, 9.17) is 9.47 Å². The summed E-state index contributed by atoms with van der Waals surface area (Å²) in [6, 6.07) is 5.16. The first kappa shape index (κ1) is 16.3. The molecule has 0 fully saturated rings. The van der Waals surface area contributed by atoms with Crippen LogP contribution in [0.5, 0.6) is 17.2 Å². The van der Waals surface area contributed by atoms with Crippen LogP contribution >= 0.6 is 11.3 Å². The van der Waals surface area contributed by atoms with E-state index in [-0.39, 0.29) is 23.2 Å². The molecule has 0 radical (unpaired) electrons. The Hall–Kier alpha value is -2.54. The van der Waals surface area contributed by atoms with Gasteiger partial charge in [-0.3, -0.25) is 4.79 Å². The Labute approximate surface area is 143 Å². The van der Waals surface area contributed by atoms with Crippen LogP contribution in [0.3, 0.4) is 0 Å². The minimum Gasteiger partial charge on any atom is -0.502 e. The first-order valence-electron chi connectivity index (χ1n) is 7.52. The molecule has 1 aliphatic carbocycles. The molecule has 2 aromatic rings. The number of nitrogens with zero attached hydrogens (tertiary/aromatic N) is 1. The summed E-state index contributed by atoms with van der Waals surface area (Å²) in [6.45, 7) is 0. The van der Waals surface area contributed by atoms with Gasteiger partial charge in [-0.1, -0.05) is 0 Å². The highest BCUT2D eigenvalue weighted by molar-refractivity contribution is 7.14. The quantitative estimate of drug-likeness (QED) is 0.644. The van der Waals surface area contributed by atoms with Crippen LogP contribution in [-0.2, 0) is 12.8 Å². The van der Waals surface area contributed by atoms with E-state index >= 15 is 0 Å². The molecule has 0 saturated heterocycles. The zero-order chi connectivity index (χ0) is 17.1. The summed E-state index contributed by atoms with van der Waals surface area (Å²) in [5, 5.41) is 13.8. The molecule has 3 rings (SSSR count). The predicted octanol–water partition coefficient (Wildman–Crippen LogP) is 2.72. The maximum atomic E-state index is 12.1. The number of carbonyl (C=O) groups excluding carboxylic acids is 1. The second-order valence-corrected chi connectivity index (χ2v) is 6.52. The average Bonchev–Trinajstić information content (AvgIpc) is 3.17. The van der Waals surface area contributed by atoms with Crippen LogP contribution in [0, 0.1) is 0 Å². The molecule has 24 heavy (non-hydrogen) atoms. The maximum absolute atomic E-state index is 12.1. The third-order valence-electron chi connectivity index (χ3n) is 3.85. The molecule has 0 saturated carbocycles. The standard InChI is InChI=1S/C17H18N2O4S/c1-22-12-6-10(7-13(23-2)16(12)20)9-18-19-17(21)15-8-11-4-3-5-14(11)24-15/h6-9,20H,3-5H2,1-2H3,(H,19,21)/b18-9+. The van der Waals surface area contributed by atoms with Gasteiger partial charge in [0, 0.05) is 10.4 Å². The number of fused-ring (bicyclic) bond motifs is 1. The number of hydrazone groups is 1. The van der Waals surface area contributed by atoms with Crippen molar-refractivity contribution in [2.24, 2.45) is 5.10 Å². The topological polar surface area (TPSA) is 80.2 Å². The number of aromatic hydroxyl groups is 1. The zero-order valence-electron chi connectivity index (χ0n) is 13.5. The number of thiophene rings is 1. The first-order chi connectivity index (χ1) is 11.6. The summed E-state index contributed by atoms with van der Waals surface area (Å²) in [4.78, 5) is 14.1. The number of hydrogen-bond acceptors (Lipinski definition) is 6. The summed E-state index contributed by atoms with van der Waals surface area (Å²) in [5.74, 6) is 0.256. The van der Waals surface area contributed by atoms with Gasteiger partial charge in [0.05, 0.1) is 25.3 Å². The molecule has 6 nitrogen and oxygen atoms in total. The molecule has 0 atom stereocenters. The number of amides is 1. The van der Waals surface area contributed by atoms with Crippen LogP contribution in [-0.4, -0.2) is 31.4 Å². The molecule has 126 valence electrons. The second kappa shape index (κ2) is 6.92. The van der Waals surface area contributed by atoms with Gasteiger partial charge in [-0.25, -0.2) is 5.43 Å². The van der Waals surface area contributed by atoms with Gasteiger partial charge in [-0.15, -0.1) is 11.3 Å². The molecule has 1 amide bonds. The molecule has 1 aromatic carbocycles. The van der Waals surface area contributed by atoms with E-state index in [2.05, 4.69) is 10.5 Å². The van der Waals surface area contributed by atoms with Crippen molar-refractivity contribution in [1.29, 1.82) is 0 Å². The number of phenolic OH excluding ortho intramolecular Hbond substituents is 1. The average molecular weight is 346 g/mol. The Balaban J connectivity index is 1.70. The van der Waals surface area contributed by atoms with E-state index < -0.39 is 0 Å². The minimum absolute atomic E-state index is 0.0747. The Bertz CT molecular complexity index is 751. The lowest BCUT2D eigenvalue weighted by Crippen LogP contribution is -2.16. The number of rotatable bonds is 5. The van der Waals surface area contributed by atoms with E-state index in [1.807, 2.05) is 6.07 Å². The monoisotopic (exact) mass is 346 g/mol. The number of benzene rings is 1. The molecule has 1 aliphatic rings. The van der Waals surface area contributed by atoms with E-state index in [9.17, 15) is 9.90 Å². The summed E-state index contributed by atoms with van der Waals surface area (Å²) < 4.78 is 10.2. The number of ether oxygens (including phenoxy) is 2. The van der Waals surface area contributed by atoms with Gasteiger partial charge in [0.1, 0.15) is 0 Å². The van der Waals surface area contributed by atoms with Crippen molar-refractivity contribution in [2.45, 2.75) is 19.3 Å². The largest absolute Gasteiger partial charge is 0.502 e. The molecule has 7 heteroatoms. The van der Waals surface area contributed by atoms with Gasteiger partial charge in [0.25, 0.3) is 5.91 Å². The number of hydrogen-bond donors (Lipinski definition) is 2. The summed E-state index contributed by atoms with van der Waals surface area (Å²) in [6.07, 6.45) is 4.76. The Morgan fingerprint density at radius 1 is 1.25 bits per heavy atom. The fraction of sp³-hybridized carbons (Fsp3) is 0.294. The highest BCUT2D eigenvalue weighted by Crippen LogP contribution is 2.36. The zero-order valence-corrected chi connectivity index (χ0v) is 14.3. The third kappa shape index (κ3) is 3.21. The molecule has 0 spiro atoms. The van der Waals surface area contributed by atoms with Crippen LogP contribution in [0.4, 0.5) is 0 Å². The lowest BCUT2D eigenvalue weighted by Gasteiger charge is -2.09. The number of phenols is 1. The Kier molecular flexibility index (Phi) is 4.71. The van der Waals surface area contributed by atoms with Crippen molar-refractivity contribution in [3.63, 3.8) is 0 Å². The van der Waals surface area contributed by atoms with Crippen molar-refractivity contribution >= 4 is 23.5 Å². The van der Waals surface area contributed by atoms with E-state index in [0.29, 0.717) is 10.4 Å². The number of methoxy groups -OCH3 is 2. The van der Waals surface area contributed by atoms with E-state index in [1.165, 1.54) is 48.6 Å². The Morgan fingerprint density at radius 2 is 1.96 bits per heavy atom. The van der Waals surface area contributed by atoms with Gasteiger partial charge in [-0.2, -0.15) is 5.10 Å². The number of carbonyl (C=O) groups is 1. The molecule has 0 bridgehead atoms. The van der Waals surface area contributed by atoms with Crippen molar-refractivity contribution < 1.29 is 19.4 Å². The first-order valence-corrected chi connectivity index (χ1v) is 8.34. The second-order valence-electron chi connectivity index (χ2n) is 5.39. The predicted molar refractivity (Wildman–Crippen MR) is 92.6 cm³/mol. The fourth-order valence-electron chi connectivity index (χ4n) is 2.65. The SMILES string of the molecule is COc1cc(/C=N/NC(=O)c2cc3c(s2)CCC3)cc(OC)c1O. The van der Waals surface area contributed by atoms with Crippen molar-refractivity contribution in [3.8, 4) is 17.2 Å². The summed E-state index contributed by atoms with van der Waals surface area (Å²) in [5.41, 5.74) is 4.44. The van der Waals surface area contributed by atoms with Gasteiger partial charge in [0.15, 0.2) is 11.5 Å². The summed E-state index contributed by atoms with van der Waals surface area (Å²) in [7, 11) is 2.90. The van der Waals surface area contributed by atoms with Crippen LogP contribution < -0.4 is 14.9 Å². The number of aryl methyl sites for hydroxylation is 2. The Morgan fingerprint density at radius 3 is 2.58 bits per heavy atom. The van der Waals surface area contributed by atoms with Gasteiger partial charge in [-0.05, 0) is 43.0 Å². The van der Waals surface area contributed by atoms with Crippen LogP contribution in [0.25, 0.3) is 0 Å². The lowest BCUT2D eigenvalue weighted by molar-refractivity contribution is 0.0959. The van der Waals surface area contributed by atoms with Gasteiger partial charge >= 0.3 is 0 Å². The van der Waals surface area contributed by atoms with Crippen molar-refractivity contribution in [3.05, 3.63) is 39.1 Å². The lowest BCUT2D eigenvalue weighted by atomic mass is 10.2. The highest BCUT2D eigenvalue weighted by atomic mass is 32.1. The third-order valence-corrected chi connectivity index (χ3v) is 5.09. The smallest absolute Gasteiger partial charge is 0.281 e. The summed E-state index contributed by atoms with van der Waals surface area (Å²) >= 11 is 1.53. The minimum atomic E-state index is -0.219. The molecule has 0 unspecified atom stereocenters. The molecular formula is C17H18N2O4S. The molecular weight excluding hydrogens is 328 g/mol. The molecule has 0 aliphatic heterocycles. The van der Waals surface area contributed by atoms with Crippen LogP contribution in [0.15, 0.2) is 23.3 Å². The normalized spacial score (nSPS) is 13.1. The van der Waals surface area contributed by atoms with Crippen molar-refractivity contribution in [2.75, 3.05) is 14.2 Å². The highest BCUT2D eigenvalue weighted by Gasteiger charge is 2.18. The van der Waals surface area contributed by atoms with Gasteiger partial charge < -0.3 is 14.6 Å². The van der Waals surface area contributed by atoms with Crippen LogP contribution in [0.1, 0.15) is 32.1 Å². The fourth-order valence-corrected chi connectivity index (χ4v) is 3.79. The van der Waals surface area contributed by atoms with E-state index in [1.54, 1.807) is 12.1 Å². The molecule has 2 N–H and O–H groups in total. The van der Waals surface area contributed by atoms with Crippen LogP contribution in [0.2, 0.25) is 0 Å². The van der Waals surface area contributed by atoms with Gasteiger partial charge in [0.2, 0.25) is 5.75 Å². The maximum Gasteiger partial charge on any atom is 0.281 e. The molecule has 1 heterocycles. The van der Waals surface area contributed by atoms with E-state index in [0.717, 1.165) is 12.8 Å². The number of nitrogens with one attached hydrogen (secondary N) is 1. The van der Waals surface area contributed by atoms with Crippen molar-refractivity contribution in [1.82, 2.24) is 5.43 Å². The molecule has 1 aromatic heterocycles.